The van der Waals surface area contributed by atoms with Crippen LogP contribution < -0.4 is 10.1 Å². The minimum absolute atomic E-state index is 0.308. The Hall–Kier alpha value is -2.40. The molecule has 0 saturated heterocycles. The average Bonchev–Trinajstić information content (AvgIpc) is 2.47. The number of methoxy groups -OCH3 is 1. The smallest absolute Gasteiger partial charge is 0.259 e. The fourth-order valence-electron chi connectivity index (χ4n) is 1.90. The number of pyridine rings is 1. The van der Waals surface area contributed by atoms with Crippen LogP contribution >= 0.6 is 0 Å². The van der Waals surface area contributed by atoms with E-state index in [9.17, 15) is 9.90 Å². The number of rotatable bonds is 4. The molecule has 0 aliphatic carbocycles. The quantitative estimate of drug-likeness (QED) is 0.896. The maximum absolute atomic E-state index is 12.3. The minimum Gasteiger partial charge on any atom is -0.494 e. The Labute approximate surface area is 117 Å². The number of aromatic nitrogens is 1. The molecule has 2 rings (SSSR count). The van der Waals surface area contributed by atoms with Crippen LogP contribution in [-0.2, 0) is 0 Å². The van der Waals surface area contributed by atoms with E-state index in [4.69, 9.17) is 4.74 Å². The van der Waals surface area contributed by atoms with Gasteiger partial charge in [0.25, 0.3) is 5.91 Å². The molecule has 0 saturated carbocycles. The first-order valence-electron chi connectivity index (χ1n) is 6.20. The summed E-state index contributed by atoms with van der Waals surface area (Å²) in [4.78, 5) is 16.2. The van der Waals surface area contributed by atoms with Crippen LogP contribution in [0.4, 0.5) is 5.69 Å². The number of nitrogens with zero attached hydrogens (tertiary/aromatic N) is 1. The zero-order valence-corrected chi connectivity index (χ0v) is 11.3. The van der Waals surface area contributed by atoms with Crippen LogP contribution in [0.15, 0.2) is 42.7 Å². The van der Waals surface area contributed by atoms with Crippen molar-refractivity contribution in [3.8, 4) is 5.75 Å². The van der Waals surface area contributed by atoms with Crippen molar-refractivity contribution in [3.63, 3.8) is 0 Å². The number of amides is 1. The second kappa shape index (κ2) is 6.16. The highest BCUT2D eigenvalue weighted by molar-refractivity contribution is 6.06. The standard InChI is InChI=1S/C15H16N2O3/c1-10(18)11-5-3-4-6-13(11)17-15(19)12-7-8-16-9-14(12)20-2/h3-10,18H,1-2H3,(H,17,19). The third-order valence-electron chi connectivity index (χ3n) is 2.91. The van der Waals surface area contributed by atoms with E-state index in [0.717, 1.165) is 0 Å². The summed E-state index contributed by atoms with van der Waals surface area (Å²) in [5.74, 6) is 0.0943. The van der Waals surface area contributed by atoms with Crippen molar-refractivity contribution in [1.29, 1.82) is 0 Å². The molecule has 1 aromatic heterocycles. The Kier molecular flexibility index (Phi) is 4.32. The van der Waals surface area contributed by atoms with Crippen molar-refractivity contribution in [2.45, 2.75) is 13.0 Å². The Balaban J connectivity index is 2.28. The number of nitrogens with one attached hydrogen (secondary N) is 1. The number of hydrogen-bond donors (Lipinski definition) is 2. The summed E-state index contributed by atoms with van der Waals surface area (Å²) in [6.45, 7) is 1.65. The number of carbonyl (C=O) groups is 1. The first kappa shape index (κ1) is 14.0. The summed E-state index contributed by atoms with van der Waals surface area (Å²) in [5.41, 5.74) is 1.63. The molecular weight excluding hydrogens is 256 g/mol. The van der Waals surface area contributed by atoms with Gasteiger partial charge < -0.3 is 15.2 Å². The molecule has 0 aliphatic rings. The van der Waals surface area contributed by atoms with Gasteiger partial charge in [0.15, 0.2) is 0 Å². The number of hydrogen-bond acceptors (Lipinski definition) is 4. The highest BCUT2D eigenvalue weighted by Crippen LogP contribution is 2.24. The number of benzene rings is 1. The number of aliphatic hydroxyl groups excluding tert-OH is 1. The zero-order valence-electron chi connectivity index (χ0n) is 11.3. The van der Waals surface area contributed by atoms with Gasteiger partial charge in [-0.05, 0) is 19.1 Å². The molecule has 20 heavy (non-hydrogen) atoms. The molecule has 5 heteroatoms. The van der Waals surface area contributed by atoms with Gasteiger partial charge in [-0.1, -0.05) is 18.2 Å². The molecular formula is C15H16N2O3. The molecule has 1 atom stereocenters. The summed E-state index contributed by atoms with van der Waals surface area (Å²) in [6.07, 6.45) is 2.35. The molecule has 2 N–H and O–H groups in total. The lowest BCUT2D eigenvalue weighted by atomic mass is 10.1. The minimum atomic E-state index is -0.661. The maximum atomic E-state index is 12.3. The predicted molar refractivity (Wildman–Crippen MR) is 75.8 cm³/mol. The third kappa shape index (κ3) is 2.95. The molecule has 1 heterocycles. The van der Waals surface area contributed by atoms with E-state index >= 15 is 0 Å². The van der Waals surface area contributed by atoms with Crippen LogP contribution in [0.1, 0.15) is 28.9 Å². The zero-order chi connectivity index (χ0) is 14.5. The topological polar surface area (TPSA) is 71.5 Å². The van der Waals surface area contributed by atoms with Crippen LogP contribution in [-0.4, -0.2) is 23.1 Å². The van der Waals surface area contributed by atoms with E-state index in [2.05, 4.69) is 10.3 Å². The summed E-state index contributed by atoms with van der Waals surface area (Å²) in [5, 5.41) is 12.5. The predicted octanol–water partition coefficient (Wildman–Crippen LogP) is 2.40. The second-order valence-corrected chi connectivity index (χ2v) is 4.29. The van der Waals surface area contributed by atoms with E-state index < -0.39 is 6.10 Å². The van der Waals surface area contributed by atoms with Crippen LogP contribution in [0.25, 0.3) is 0 Å². The summed E-state index contributed by atoms with van der Waals surface area (Å²) >= 11 is 0. The van der Waals surface area contributed by atoms with Crippen LogP contribution in [0.5, 0.6) is 5.75 Å². The van der Waals surface area contributed by atoms with E-state index in [1.807, 2.05) is 6.07 Å². The van der Waals surface area contributed by atoms with Crippen LogP contribution in [0.2, 0.25) is 0 Å². The van der Waals surface area contributed by atoms with E-state index in [0.29, 0.717) is 22.6 Å². The van der Waals surface area contributed by atoms with Gasteiger partial charge in [-0.15, -0.1) is 0 Å². The highest BCUT2D eigenvalue weighted by Gasteiger charge is 2.15. The van der Waals surface area contributed by atoms with Crippen molar-refractivity contribution >= 4 is 11.6 Å². The molecule has 0 radical (unpaired) electrons. The Morgan fingerprint density at radius 3 is 2.80 bits per heavy atom. The van der Waals surface area contributed by atoms with Crippen molar-refractivity contribution in [2.75, 3.05) is 12.4 Å². The van der Waals surface area contributed by atoms with Gasteiger partial charge in [0, 0.05) is 17.4 Å². The van der Waals surface area contributed by atoms with E-state index in [1.165, 1.54) is 19.5 Å². The molecule has 2 aromatic rings. The summed E-state index contributed by atoms with van der Waals surface area (Å²) in [6, 6.07) is 8.70. The first-order valence-corrected chi connectivity index (χ1v) is 6.20. The largest absolute Gasteiger partial charge is 0.494 e. The van der Waals surface area contributed by atoms with Gasteiger partial charge >= 0.3 is 0 Å². The van der Waals surface area contributed by atoms with Gasteiger partial charge in [0.1, 0.15) is 5.75 Å². The third-order valence-corrected chi connectivity index (χ3v) is 2.91. The molecule has 0 spiro atoms. The lowest BCUT2D eigenvalue weighted by Gasteiger charge is -2.14. The van der Waals surface area contributed by atoms with Gasteiger partial charge in [-0.2, -0.15) is 0 Å². The lowest BCUT2D eigenvalue weighted by Crippen LogP contribution is -2.15. The molecule has 1 amide bonds. The van der Waals surface area contributed by atoms with Crippen molar-refractivity contribution in [2.24, 2.45) is 0 Å². The number of ether oxygens (including phenoxy) is 1. The summed E-state index contributed by atoms with van der Waals surface area (Å²) < 4.78 is 5.11. The van der Waals surface area contributed by atoms with Crippen molar-refractivity contribution < 1.29 is 14.6 Å². The monoisotopic (exact) mass is 272 g/mol. The molecule has 1 aromatic carbocycles. The lowest BCUT2D eigenvalue weighted by molar-refractivity contribution is 0.102. The average molecular weight is 272 g/mol. The highest BCUT2D eigenvalue weighted by atomic mass is 16.5. The number of carbonyl (C=O) groups excluding carboxylic acids is 1. The van der Waals surface area contributed by atoms with Crippen molar-refractivity contribution in [1.82, 2.24) is 4.98 Å². The Morgan fingerprint density at radius 1 is 1.35 bits per heavy atom. The molecule has 0 bridgehead atoms. The van der Waals surface area contributed by atoms with Crippen molar-refractivity contribution in [3.05, 3.63) is 53.9 Å². The second-order valence-electron chi connectivity index (χ2n) is 4.29. The molecule has 0 aliphatic heterocycles. The maximum Gasteiger partial charge on any atom is 0.259 e. The Bertz CT molecular complexity index is 612. The normalized spacial score (nSPS) is 11.8. The van der Waals surface area contributed by atoms with Gasteiger partial charge in [-0.3, -0.25) is 9.78 Å². The fraction of sp³-hybridized carbons (Fsp3) is 0.200. The molecule has 5 nitrogen and oxygen atoms in total. The number of para-hydroxylation sites is 1. The van der Waals surface area contributed by atoms with Crippen LogP contribution in [0.3, 0.4) is 0 Å². The molecule has 1 unspecified atom stereocenters. The molecule has 104 valence electrons. The van der Waals surface area contributed by atoms with Crippen LogP contribution in [0, 0.1) is 0 Å². The van der Waals surface area contributed by atoms with E-state index in [-0.39, 0.29) is 5.91 Å². The van der Waals surface area contributed by atoms with Gasteiger partial charge in [-0.25, -0.2) is 0 Å². The van der Waals surface area contributed by atoms with Gasteiger partial charge in [0.05, 0.1) is 25.0 Å². The summed E-state index contributed by atoms with van der Waals surface area (Å²) in [7, 11) is 1.48. The SMILES string of the molecule is COc1cnccc1C(=O)Nc1ccccc1C(C)O. The van der Waals surface area contributed by atoms with E-state index in [1.54, 1.807) is 31.2 Å². The first-order chi connectivity index (χ1) is 9.63. The number of aliphatic hydroxyl groups is 1. The van der Waals surface area contributed by atoms with Gasteiger partial charge in [0.2, 0.25) is 0 Å². The Morgan fingerprint density at radius 2 is 2.10 bits per heavy atom. The number of anilines is 1. The molecule has 0 fully saturated rings. The fourth-order valence-corrected chi connectivity index (χ4v) is 1.90.